The van der Waals surface area contributed by atoms with Gasteiger partial charge in [0.1, 0.15) is 5.75 Å². The lowest BCUT2D eigenvalue weighted by atomic mass is 9.96. The van der Waals surface area contributed by atoms with E-state index in [1.165, 1.54) is 0 Å². The van der Waals surface area contributed by atoms with Crippen molar-refractivity contribution in [1.29, 1.82) is 0 Å². The third-order valence-corrected chi connectivity index (χ3v) is 7.02. The van der Waals surface area contributed by atoms with Crippen LogP contribution in [0.4, 0.5) is 5.69 Å². The first-order valence-corrected chi connectivity index (χ1v) is 12.0. The second-order valence-corrected chi connectivity index (χ2v) is 9.50. The monoisotopic (exact) mass is 508 g/mol. The molecule has 2 aromatic carbocycles. The van der Waals surface area contributed by atoms with E-state index in [1.807, 2.05) is 42.5 Å². The van der Waals surface area contributed by atoms with Crippen molar-refractivity contribution in [3.8, 4) is 11.4 Å². The van der Waals surface area contributed by atoms with Gasteiger partial charge in [0.05, 0.1) is 28.5 Å². The summed E-state index contributed by atoms with van der Waals surface area (Å²) in [5, 5.41) is 15.1. The average molecular weight is 509 g/mol. The first-order chi connectivity index (χ1) is 16.3. The molecule has 2 atom stereocenters. The Kier molecular flexibility index (Phi) is 5.98. The molecule has 2 N–H and O–H groups in total. The Bertz CT molecular complexity index is 1370. The van der Waals surface area contributed by atoms with Crippen LogP contribution in [-0.4, -0.2) is 19.8 Å². The van der Waals surface area contributed by atoms with Gasteiger partial charge in [-0.1, -0.05) is 29.3 Å². The summed E-state index contributed by atoms with van der Waals surface area (Å²) in [7, 11) is 0. The molecule has 4 aromatic rings. The minimum atomic E-state index is -0.169. The van der Waals surface area contributed by atoms with Crippen LogP contribution in [0.2, 0.25) is 10.0 Å². The molecule has 5 rings (SSSR count). The second-order valence-electron chi connectivity index (χ2n) is 8.27. The van der Waals surface area contributed by atoms with Crippen molar-refractivity contribution < 1.29 is 5.11 Å². The number of aromatic hydroxyl groups is 1. The number of aryl methyl sites for hydroxylation is 1. The van der Waals surface area contributed by atoms with Crippen molar-refractivity contribution in [2.45, 2.75) is 25.9 Å². The van der Waals surface area contributed by atoms with E-state index >= 15 is 0 Å². The average Bonchev–Trinajstić information content (AvgIpc) is 3.31. The Morgan fingerprint density at radius 2 is 1.76 bits per heavy atom. The quantitative estimate of drug-likeness (QED) is 0.301. The fraction of sp³-hybridized carbons (Fsp3) is 0.154. The molecule has 34 heavy (non-hydrogen) atoms. The van der Waals surface area contributed by atoms with E-state index in [1.54, 1.807) is 24.4 Å². The maximum atomic E-state index is 9.83. The van der Waals surface area contributed by atoms with Crippen molar-refractivity contribution in [3.05, 3.63) is 106 Å². The van der Waals surface area contributed by atoms with E-state index < -0.39 is 0 Å². The smallest absolute Gasteiger partial charge is 0.174 e. The first-order valence-electron chi connectivity index (χ1n) is 10.8. The number of phenolic OH excluding ortho intramolecular Hbond substituents is 1. The Hall–Kier alpha value is -3.06. The lowest BCUT2D eigenvalue weighted by Gasteiger charge is -2.28. The zero-order valence-electron chi connectivity index (χ0n) is 18.5. The molecule has 172 valence electrons. The lowest BCUT2D eigenvalue weighted by molar-refractivity contribution is 0.475. The van der Waals surface area contributed by atoms with Crippen molar-refractivity contribution in [1.82, 2.24) is 14.9 Å². The highest BCUT2D eigenvalue weighted by Crippen LogP contribution is 2.44. The molecule has 0 amide bonds. The largest absolute Gasteiger partial charge is 0.508 e. The fourth-order valence-electron chi connectivity index (χ4n) is 4.68. The molecule has 5 nitrogen and oxygen atoms in total. The highest BCUT2D eigenvalue weighted by molar-refractivity contribution is 7.80. The third-order valence-electron chi connectivity index (χ3n) is 6.17. The third kappa shape index (κ3) is 3.92. The fourth-order valence-corrected chi connectivity index (χ4v) is 5.52. The molecular weight excluding hydrogens is 487 g/mol. The van der Waals surface area contributed by atoms with E-state index in [0.29, 0.717) is 15.2 Å². The van der Waals surface area contributed by atoms with Gasteiger partial charge in [0.15, 0.2) is 5.11 Å². The van der Waals surface area contributed by atoms with E-state index in [9.17, 15) is 5.11 Å². The molecule has 1 saturated heterocycles. The number of aromatic nitrogens is 2. The van der Waals surface area contributed by atoms with E-state index in [-0.39, 0.29) is 17.8 Å². The molecule has 0 aliphatic carbocycles. The van der Waals surface area contributed by atoms with Gasteiger partial charge < -0.3 is 19.9 Å². The standard InChI is InChI=1S/C26H22Cl2N4OS/c1-15-13-20(16(2)31(15)23-11-6-17(27)14-21(23)28)25-24(22-5-3-4-12-29-22)30-26(34)32(25)18-7-9-19(33)10-8-18/h3-14,24-25,33H,1-2H3,(H,30,34). The maximum absolute atomic E-state index is 9.83. The number of pyridine rings is 1. The number of hydrogen-bond donors (Lipinski definition) is 2. The molecule has 1 aliphatic rings. The molecule has 3 heterocycles. The number of rotatable bonds is 4. The molecule has 0 bridgehead atoms. The van der Waals surface area contributed by atoms with Gasteiger partial charge in [-0.3, -0.25) is 4.98 Å². The first kappa shape index (κ1) is 22.7. The van der Waals surface area contributed by atoms with Gasteiger partial charge in [-0.05, 0) is 92.3 Å². The molecule has 0 radical (unpaired) electrons. The molecule has 8 heteroatoms. The number of thiocarbonyl (C=S) groups is 1. The number of phenols is 1. The van der Waals surface area contributed by atoms with Gasteiger partial charge in [0.2, 0.25) is 0 Å². The molecule has 0 saturated carbocycles. The molecule has 0 spiro atoms. The Labute approximate surface area is 213 Å². The predicted octanol–water partition coefficient (Wildman–Crippen LogP) is 6.68. The Morgan fingerprint density at radius 1 is 1.00 bits per heavy atom. The van der Waals surface area contributed by atoms with Gasteiger partial charge in [0, 0.05) is 28.3 Å². The zero-order valence-corrected chi connectivity index (χ0v) is 20.9. The molecular formula is C26H22Cl2N4OS. The number of benzene rings is 2. The van der Waals surface area contributed by atoms with Crippen LogP contribution in [0.25, 0.3) is 5.69 Å². The summed E-state index contributed by atoms with van der Waals surface area (Å²) >= 11 is 18.5. The second kappa shape index (κ2) is 8.95. The summed E-state index contributed by atoms with van der Waals surface area (Å²) in [5.41, 5.74) is 5.83. The summed E-state index contributed by atoms with van der Waals surface area (Å²) in [4.78, 5) is 6.71. The van der Waals surface area contributed by atoms with Crippen molar-refractivity contribution >= 4 is 46.2 Å². The zero-order chi connectivity index (χ0) is 24.0. The van der Waals surface area contributed by atoms with E-state index in [0.717, 1.165) is 34.0 Å². The highest BCUT2D eigenvalue weighted by atomic mass is 35.5. The lowest BCUT2D eigenvalue weighted by Crippen LogP contribution is -2.29. The van der Waals surface area contributed by atoms with Crippen LogP contribution in [0.1, 0.15) is 34.7 Å². The number of hydrogen-bond acceptors (Lipinski definition) is 3. The van der Waals surface area contributed by atoms with Gasteiger partial charge in [-0.25, -0.2) is 0 Å². The Morgan fingerprint density at radius 3 is 2.44 bits per heavy atom. The van der Waals surface area contributed by atoms with Crippen LogP contribution in [0.15, 0.2) is 72.9 Å². The van der Waals surface area contributed by atoms with Crippen LogP contribution in [0.5, 0.6) is 5.75 Å². The van der Waals surface area contributed by atoms with Gasteiger partial charge in [-0.2, -0.15) is 0 Å². The minimum Gasteiger partial charge on any atom is -0.508 e. The highest BCUT2D eigenvalue weighted by Gasteiger charge is 2.42. The van der Waals surface area contributed by atoms with E-state index in [4.69, 9.17) is 35.4 Å². The van der Waals surface area contributed by atoms with Crippen LogP contribution in [0, 0.1) is 13.8 Å². The number of nitrogens with zero attached hydrogens (tertiary/aromatic N) is 3. The maximum Gasteiger partial charge on any atom is 0.174 e. The predicted molar refractivity (Wildman–Crippen MR) is 141 cm³/mol. The SMILES string of the molecule is Cc1cc(C2C(c3ccccn3)NC(=S)N2c2ccc(O)cc2)c(C)n1-c1ccc(Cl)cc1Cl. The van der Waals surface area contributed by atoms with Gasteiger partial charge >= 0.3 is 0 Å². The summed E-state index contributed by atoms with van der Waals surface area (Å²) < 4.78 is 2.14. The van der Waals surface area contributed by atoms with Gasteiger partial charge in [-0.15, -0.1) is 0 Å². The van der Waals surface area contributed by atoms with Crippen molar-refractivity contribution in [3.63, 3.8) is 0 Å². The molecule has 2 aromatic heterocycles. The topological polar surface area (TPSA) is 53.3 Å². The molecule has 2 unspecified atom stereocenters. The summed E-state index contributed by atoms with van der Waals surface area (Å²) in [6.07, 6.45) is 1.79. The normalized spacial score (nSPS) is 17.8. The number of anilines is 1. The number of nitrogens with one attached hydrogen (secondary N) is 1. The Balaban J connectivity index is 1.69. The van der Waals surface area contributed by atoms with Gasteiger partial charge in [0.25, 0.3) is 0 Å². The van der Waals surface area contributed by atoms with Crippen molar-refractivity contribution in [2.24, 2.45) is 0 Å². The van der Waals surface area contributed by atoms with Crippen molar-refractivity contribution in [2.75, 3.05) is 4.90 Å². The van der Waals surface area contributed by atoms with Crippen LogP contribution < -0.4 is 10.2 Å². The molecule has 1 fully saturated rings. The molecule has 1 aliphatic heterocycles. The van der Waals surface area contributed by atoms with Crippen LogP contribution in [0.3, 0.4) is 0 Å². The minimum absolute atomic E-state index is 0.169. The van der Waals surface area contributed by atoms with Crippen LogP contribution >= 0.6 is 35.4 Å². The summed E-state index contributed by atoms with van der Waals surface area (Å²) in [6, 6.07) is 20.3. The summed E-state index contributed by atoms with van der Waals surface area (Å²) in [5.74, 6) is 0.204. The summed E-state index contributed by atoms with van der Waals surface area (Å²) in [6.45, 7) is 4.14. The number of halogens is 2. The van der Waals surface area contributed by atoms with E-state index in [2.05, 4.69) is 39.7 Å². The van der Waals surface area contributed by atoms with Crippen LogP contribution in [-0.2, 0) is 0 Å².